The van der Waals surface area contributed by atoms with Crippen molar-refractivity contribution in [2.75, 3.05) is 13.6 Å². The first kappa shape index (κ1) is 19.2. The van der Waals surface area contributed by atoms with Crippen LogP contribution in [0.4, 0.5) is 5.69 Å². The Hall–Kier alpha value is -1.53. The number of fused-ring (bicyclic) bond motifs is 1. The lowest BCUT2D eigenvalue weighted by Gasteiger charge is -2.11. The van der Waals surface area contributed by atoms with Gasteiger partial charge in [0.25, 0.3) is 0 Å². The monoisotopic (exact) mass is 427 g/mol. The maximum absolute atomic E-state index is 6.37. The number of halogens is 3. The van der Waals surface area contributed by atoms with Crippen molar-refractivity contribution in [1.82, 2.24) is 9.27 Å². The van der Waals surface area contributed by atoms with E-state index in [1.54, 1.807) is 24.5 Å². The van der Waals surface area contributed by atoms with Crippen LogP contribution in [0.25, 0.3) is 10.9 Å². The van der Waals surface area contributed by atoms with Crippen molar-refractivity contribution in [3.63, 3.8) is 0 Å². The topological polar surface area (TPSA) is 37.7 Å². The molecule has 0 bridgehead atoms. The van der Waals surface area contributed by atoms with Gasteiger partial charge in [-0.3, -0.25) is 0 Å². The summed E-state index contributed by atoms with van der Waals surface area (Å²) in [6, 6.07) is 7.09. The van der Waals surface area contributed by atoms with Gasteiger partial charge in [0.15, 0.2) is 0 Å². The fourth-order valence-corrected chi connectivity index (χ4v) is 3.76. The molecule has 0 spiro atoms. The molecule has 3 rings (SSSR count). The lowest BCUT2D eigenvalue weighted by atomic mass is 10.2. The molecule has 2 aromatic carbocycles. The molecule has 0 aliphatic rings. The largest absolute Gasteiger partial charge is 0.444 e. The fraction of sp³-hybridized carbons (Fsp3) is 0.222. The summed E-state index contributed by atoms with van der Waals surface area (Å²) in [4.78, 5) is 6.38. The molecular formula is C18H16Cl3N3OS. The normalized spacial score (nSPS) is 11.5. The zero-order valence-electron chi connectivity index (χ0n) is 14.4. The Morgan fingerprint density at radius 2 is 1.92 bits per heavy atom. The zero-order chi connectivity index (χ0) is 18.8. The predicted octanol–water partition coefficient (Wildman–Crippen LogP) is 6.97. The smallest absolute Gasteiger partial charge is 0.209 e. The third-order valence-electron chi connectivity index (χ3n) is 3.84. The molecule has 0 saturated carbocycles. The quantitative estimate of drug-likeness (QED) is 0.325. The minimum Gasteiger partial charge on any atom is -0.444 e. The standard InChI is InChI=1S/C18H16Cl3N3OS/c1-4-24(3)9-22-14-7-10(2)15(8-13(14)21)25-18-16-11(19)5-6-12(20)17(16)23-26-18/h5-9H,4H2,1-3H3. The minimum atomic E-state index is 0.504. The van der Waals surface area contributed by atoms with E-state index in [0.29, 0.717) is 42.5 Å². The number of hydrogen-bond donors (Lipinski definition) is 0. The first-order chi connectivity index (χ1) is 12.4. The van der Waals surface area contributed by atoms with Crippen molar-refractivity contribution in [2.45, 2.75) is 13.8 Å². The summed E-state index contributed by atoms with van der Waals surface area (Å²) in [5.74, 6) is 0.624. The lowest BCUT2D eigenvalue weighted by Crippen LogP contribution is -2.14. The highest BCUT2D eigenvalue weighted by Crippen LogP contribution is 2.43. The van der Waals surface area contributed by atoms with Gasteiger partial charge in [-0.2, -0.15) is 4.37 Å². The molecule has 0 radical (unpaired) electrons. The summed E-state index contributed by atoms with van der Waals surface area (Å²) in [5, 5.41) is 2.86. The van der Waals surface area contributed by atoms with Crippen LogP contribution in [0.5, 0.6) is 10.8 Å². The molecule has 4 nitrogen and oxygen atoms in total. The van der Waals surface area contributed by atoms with Gasteiger partial charge < -0.3 is 9.64 Å². The summed E-state index contributed by atoms with van der Waals surface area (Å²) < 4.78 is 10.4. The molecule has 1 aromatic heterocycles. The van der Waals surface area contributed by atoms with E-state index < -0.39 is 0 Å². The Bertz CT molecular complexity index is 987. The number of rotatable bonds is 5. The van der Waals surface area contributed by atoms with Crippen molar-refractivity contribution in [3.8, 4) is 10.8 Å². The highest BCUT2D eigenvalue weighted by Gasteiger charge is 2.16. The second-order valence-electron chi connectivity index (χ2n) is 5.71. The minimum absolute atomic E-state index is 0.504. The number of hydrogen-bond acceptors (Lipinski definition) is 4. The molecule has 0 unspecified atom stereocenters. The average Bonchev–Trinajstić information content (AvgIpc) is 3.04. The molecule has 0 aliphatic carbocycles. The van der Waals surface area contributed by atoms with Crippen LogP contribution >= 0.6 is 46.3 Å². The van der Waals surface area contributed by atoms with Gasteiger partial charge in [-0.15, -0.1) is 0 Å². The van der Waals surface area contributed by atoms with E-state index in [1.165, 1.54) is 11.5 Å². The number of nitrogens with zero attached hydrogens (tertiary/aromatic N) is 3. The van der Waals surface area contributed by atoms with Crippen molar-refractivity contribution in [2.24, 2.45) is 4.99 Å². The Morgan fingerprint density at radius 3 is 2.65 bits per heavy atom. The Balaban J connectivity index is 1.95. The van der Waals surface area contributed by atoms with Gasteiger partial charge in [-0.05, 0) is 37.6 Å². The molecule has 0 amide bonds. The van der Waals surface area contributed by atoms with Crippen LogP contribution < -0.4 is 4.74 Å². The number of aliphatic imine (C=N–C) groups is 1. The average molecular weight is 429 g/mol. The summed E-state index contributed by atoms with van der Waals surface area (Å²) in [6.07, 6.45) is 1.75. The third-order valence-corrected chi connectivity index (χ3v) is 5.49. The van der Waals surface area contributed by atoms with Crippen LogP contribution in [-0.4, -0.2) is 29.2 Å². The van der Waals surface area contributed by atoms with E-state index in [9.17, 15) is 0 Å². The molecule has 3 aromatic rings. The van der Waals surface area contributed by atoms with Gasteiger partial charge in [0.05, 0.1) is 32.5 Å². The molecule has 0 atom stereocenters. The first-order valence-corrected chi connectivity index (χ1v) is 9.77. The lowest BCUT2D eigenvalue weighted by molar-refractivity contribution is 0.497. The fourth-order valence-electron chi connectivity index (χ4n) is 2.23. The molecule has 0 saturated heterocycles. The second kappa shape index (κ2) is 8.01. The molecule has 136 valence electrons. The van der Waals surface area contributed by atoms with Gasteiger partial charge in [0, 0.05) is 31.2 Å². The summed E-state index contributed by atoms with van der Waals surface area (Å²) in [5.41, 5.74) is 2.22. The Morgan fingerprint density at radius 1 is 1.19 bits per heavy atom. The van der Waals surface area contributed by atoms with Crippen molar-refractivity contribution in [1.29, 1.82) is 0 Å². The predicted molar refractivity (Wildman–Crippen MR) is 112 cm³/mol. The van der Waals surface area contributed by atoms with Crippen LogP contribution in [0.2, 0.25) is 15.1 Å². The van der Waals surface area contributed by atoms with Gasteiger partial charge in [0.1, 0.15) is 11.3 Å². The van der Waals surface area contributed by atoms with Gasteiger partial charge >= 0.3 is 0 Å². The maximum Gasteiger partial charge on any atom is 0.209 e. The summed E-state index contributed by atoms with van der Waals surface area (Å²) >= 11 is 20.1. The van der Waals surface area contributed by atoms with Crippen LogP contribution in [0.15, 0.2) is 29.3 Å². The van der Waals surface area contributed by atoms with Crippen LogP contribution in [0.1, 0.15) is 12.5 Å². The number of ether oxygens (including phenoxy) is 1. The van der Waals surface area contributed by atoms with E-state index in [-0.39, 0.29) is 0 Å². The van der Waals surface area contributed by atoms with E-state index in [1.807, 2.05) is 31.9 Å². The number of aromatic nitrogens is 1. The molecule has 26 heavy (non-hydrogen) atoms. The van der Waals surface area contributed by atoms with E-state index in [4.69, 9.17) is 39.5 Å². The second-order valence-corrected chi connectivity index (χ2v) is 7.67. The highest BCUT2D eigenvalue weighted by atomic mass is 35.5. The Kier molecular flexibility index (Phi) is 5.92. The molecule has 1 heterocycles. The van der Waals surface area contributed by atoms with Crippen molar-refractivity contribution >= 4 is 69.3 Å². The first-order valence-electron chi connectivity index (χ1n) is 7.86. The third kappa shape index (κ3) is 3.91. The van der Waals surface area contributed by atoms with Crippen LogP contribution in [0, 0.1) is 6.92 Å². The van der Waals surface area contributed by atoms with E-state index >= 15 is 0 Å². The molecular weight excluding hydrogens is 413 g/mol. The Labute approximate surface area is 171 Å². The molecule has 0 fully saturated rings. The maximum atomic E-state index is 6.37. The van der Waals surface area contributed by atoms with E-state index in [0.717, 1.165) is 12.1 Å². The van der Waals surface area contributed by atoms with Gasteiger partial charge in [-0.1, -0.05) is 34.8 Å². The van der Waals surface area contributed by atoms with Crippen LogP contribution in [0.3, 0.4) is 0 Å². The molecule has 0 aliphatic heterocycles. The zero-order valence-corrected chi connectivity index (χ0v) is 17.5. The summed E-state index contributed by atoms with van der Waals surface area (Å²) in [6.45, 7) is 4.85. The van der Waals surface area contributed by atoms with Gasteiger partial charge in [0.2, 0.25) is 5.06 Å². The number of benzene rings is 2. The van der Waals surface area contributed by atoms with Crippen molar-refractivity contribution < 1.29 is 4.74 Å². The van der Waals surface area contributed by atoms with Crippen LogP contribution in [-0.2, 0) is 0 Å². The SMILES string of the molecule is CCN(C)C=Nc1cc(C)c(Oc2snc3c(Cl)ccc(Cl)c23)cc1Cl. The highest BCUT2D eigenvalue weighted by molar-refractivity contribution is 7.09. The van der Waals surface area contributed by atoms with E-state index in [2.05, 4.69) is 9.37 Å². The number of aryl methyl sites for hydroxylation is 1. The molecule has 0 N–H and O–H groups in total. The van der Waals surface area contributed by atoms with Gasteiger partial charge in [-0.25, -0.2) is 4.99 Å². The van der Waals surface area contributed by atoms with Crippen molar-refractivity contribution in [3.05, 3.63) is 44.9 Å². The summed E-state index contributed by atoms with van der Waals surface area (Å²) in [7, 11) is 1.95. The molecule has 8 heteroatoms.